The Kier molecular flexibility index (Phi) is 4.44. The van der Waals surface area contributed by atoms with Crippen LogP contribution in [0.1, 0.15) is 15.9 Å². The zero-order valence-electron chi connectivity index (χ0n) is 10.7. The molecule has 2 rings (SSSR count). The van der Waals surface area contributed by atoms with Gasteiger partial charge in [-0.15, -0.1) is 0 Å². The number of carbonyl (C=O) groups is 1. The molecule has 0 bridgehead atoms. The molecule has 0 spiro atoms. The molecule has 0 saturated heterocycles. The van der Waals surface area contributed by atoms with Crippen LogP contribution in [0.25, 0.3) is 0 Å². The average Bonchev–Trinajstić information content (AvgIpc) is 2.47. The van der Waals surface area contributed by atoms with Gasteiger partial charge in [-0.3, -0.25) is 4.79 Å². The number of amides is 1. The number of hydrogen-bond acceptors (Lipinski definition) is 4. The second-order valence-electron chi connectivity index (χ2n) is 4.18. The van der Waals surface area contributed by atoms with Crippen molar-refractivity contribution in [2.45, 2.75) is 0 Å². The third kappa shape index (κ3) is 3.51. The van der Waals surface area contributed by atoms with Crippen molar-refractivity contribution in [2.24, 2.45) is 10.9 Å². The van der Waals surface area contributed by atoms with E-state index in [1.807, 2.05) is 0 Å². The summed E-state index contributed by atoms with van der Waals surface area (Å²) >= 11 is 3.30. The summed E-state index contributed by atoms with van der Waals surface area (Å²) in [4.78, 5) is 12.1. The van der Waals surface area contributed by atoms with E-state index < -0.39 is 0 Å². The first-order chi connectivity index (χ1) is 10.0. The highest BCUT2D eigenvalue weighted by molar-refractivity contribution is 9.10. The molecule has 0 aliphatic carbocycles. The number of phenols is 1. The first kappa shape index (κ1) is 14.9. The maximum Gasteiger partial charge on any atom is 0.255 e. The van der Waals surface area contributed by atoms with Gasteiger partial charge in [-0.05, 0) is 42.5 Å². The third-order valence-corrected chi connectivity index (χ3v) is 3.24. The Morgan fingerprint density at radius 2 is 1.86 bits per heavy atom. The second-order valence-corrected chi connectivity index (χ2v) is 5.09. The van der Waals surface area contributed by atoms with Crippen molar-refractivity contribution in [1.29, 1.82) is 0 Å². The summed E-state index contributed by atoms with van der Waals surface area (Å²) in [6, 6.07) is 10.8. The minimum Gasteiger partial charge on any atom is -0.508 e. The van der Waals surface area contributed by atoms with E-state index in [1.54, 1.807) is 18.2 Å². The van der Waals surface area contributed by atoms with Crippen LogP contribution in [-0.4, -0.2) is 22.1 Å². The van der Waals surface area contributed by atoms with E-state index in [0.29, 0.717) is 16.8 Å². The van der Waals surface area contributed by atoms with E-state index >= 15 is 0 Å². The molecule has 6 nitrogen and oxygen atoms in total. The fraction of sp³-hybridized carbons (Fsp3) is 0. The van der Waals surface area contributed by atoms with Crippen molar-refractivity contribution in [3.8, 4) is 5.75 Å². The van der Waals surface area contributed by atoms with Crippen LogP contribution >= 0.6 is 15.9 Å². The number of rotatable bonds is 3. The van der Waals surface area contributed by atoms with E-state index in [4.69, 9.17) is 10.9 Å². The van der Waals surface area contributed by atoms with Crippen molar-refractivity contribution in [2.75, 3.05) is 5.32 Å². The first-order valence-electron chi connectivity index (χ1n) is 5.89. The maximum absolute atomic E-state index is 12.1. The molecule has 0 heterocycles. The van der Waals surface area contributed by atoms with Gasteiger partial charge in [0.2, 0.25) is 0 Å². The van der Waals surface area contributed by atoms with E-state index in [1.165, 1.54) is 24.3 Å². The minimum absolute atomic E-state index is 0.0753. The molecule has 7 heteroatoms. The number of amidine groups is 1. The number of aromatic hydroxyl groups is 1. The fourth-order valence-corrected chi connectivity index (χ4v) is 2.07. The van der Waals surface area contributed by atoms with Crippen LogP contribution in [0.15, 0.2) is 52.1 Å². The van der Waals surface area contributed by atoms with E-state index in [-0.39, 0.29) is 17.5 Å². The molecule has 0 aromatic heterocycles. The number of hydrogen-bond donors (Lipinski definition) is 4. The third-order valence-electron chi connectivity index (χ3n) is 2.74. The van der Waals surface area contributed by atoms with E-state index in [2.05, 4.69) is 26.4 Å². The molecule has 0 radical (unpaired) electrons. The number of anilines is 1. The van der Waals surface area contributed by atoms with Crippen LogP contribution in [0.5, 0.6) is 5.75 Å². The van der Waals surface area contributed by atoms with E-state index in [0.717, 1.165) is 4.47 Å². The summed E-state index contributed by atoms with van der Waals surface area (Å²) in [7, 11) is 0. The van der Waals surface area contributed by atoms with Gasteiger partial charge in [0.1, 0.15) is 5.75 Å². The minimum atomic E-state index is -0.375. The van der Waals surface area contributed by atoms with Crippen LogP contribution in [0, 0.1) is 0 Å². The highest BCUT2D eigenvalue weighted by atomic mass is 79.9. The Morgan fingerprint density at radius 1 is 1.19 bits per heavy atom. The Bertz CT molecular complexity index is 699. The molecular formula is C14H12BrN3O3. The fourth-order valence-electron chi connectivity index (χ4n) is 1.70. The van der Waals surface area contributed by atoms with Gasteiger partial charge in [0, 0.05) is 15.6 Å². The molecule has 21 heavy (non-hydrogen) atoms. The quantitative estimate of drug-likeness (QED) is 0.295. The lowest BCUT2D eigenvalue weighted by molar-refractivity contribution is 0.102. The topological polar surface area (TPSA) is 108 Å². The zero-order chi connectivity index (χ0) is 15.4. The van der Waals surface area contributed by atoms with Crippen molar-refractivity contribution >= 4 is 33.4 Å². The number of nitrogens with two attached hydrogens (primary N) is 1. The Hall–Kier alpha value is -2.54. The number of benzene rings is 2. The Balaban J connectivity index is 2.32. The standard InChI is InChI=1S/C14H12BrN3O3/c15-9-3-6-11(13(16)18-21)12(7-9)17-14(20)8-1-4-10(19)5-2-8/h1-7,19,21H,(H2,16,18)(H,17,20). The van der Waals surface area contributed by atoms with Gasteiger partial charge in [-0.2, -0.15) is 0 Å². The lowest BCUT2D eigenvalue weighted by Gasteiger charge is -2.11. The molecule has 0 atom stereocenters. The molecule has 5 N–H and O–H groups in total. The number of phenolic OH excluding ortho intramolecular Hbond substituents is 1. The summed E-state index contributed by atoms with van der Waals surface area (Å²) in [5.41, 5.74) is 6.75. The maximum atomic E-state index is 12.1. The van der Waals surface area contributed by atoms with Gasteiger partial charge in [0.25, 0.3) is 5.91 Å². The normalized spacial score (nSPS) is 11.2. The SMILES string of the molecule is N/C(=N/O)c1ccc(Br)cc1NC(=O)c1ccc(O)cc1. The largest absolute Gasteiger partial charge is 0.508 e. The van der Waals surface area contributed by atoms with Crippen LogP contribution in [-0.2, 0) is 0 Å². The number of oxime groups is 1. The van der Waals surface area contributed by atoms with Crippen molar-refractivity contribution in [3.05, 3.63) is 58.1 Å². The molecule has 0 aliphatic rings. The predicted molar refractivity (Wildman–Crippen MR) is 82.7 cm³/mol. The number of halogens is 1. The van der Waals surface area contributed by atoms with Gasteiger partial charge in [-0.1, -0.05) is 21.1 Å². The molecule has 2 aromatic rings. The van der Waals surface area contributed by atoms with Gasteiger partial charge in [0.15, 0.2) is 5.84 Å². The summed E-state index contributed by atoms with van der Waals surface area (Å²) in [6.07, 6.45) is 0. The average molecular weight is 350 g/mol. The highest BCUT2D eigenvalue weighted by Gasteiger charge is 2.12. The Labute approximate surface area is 129 Å². The molecule has 0 unspecified atom stereocenters. The van der Waals surface area contributed by atoms with E-state index in [9.17, 15) is 9.90 Å². The van der Waals surface area contributed by atoms with Crippen molar-refractivity contribution < 1.29 is 15.1 Å². The molecule has 2 aromatic carbocycles. The molecular weight excluding hydrogens is 338 g/mol. The van der Waals surface area contributed by atoms with Crippen LogP contribution in [0.2, 0.25) is 0 Å². The smallest absolute Gasteiger partial charge is 0.255 e. The zero-order valence-corrected chi connectivity index (χ0v) is 12.3. The predicted octanol–water partition coefficient (Wildman–Crippen LogP) is 2.50. The lowest BCUT2D eigenvalue weighted by Crippen LogP contribution is -2.19. The Morgan fingerprint density at radius 3 is 2.48 bits per heavy atom. The highest BCUT2D eigenvalue weighted by Crippen LogP contribution is 2.22. The lowest BCUT2D eigenvalue weighted by atomic mass is 10.1. The molecule has 0 saturated carbocycles. The molecule has 0 fully saturated rings. The van der Waals surface area contributed by atoms with Crippen molar-refractivity contribution in [1.82, 2.24) is 0 Å². The van der Waals surface area contributed by atoms with Gasteiger partial charge >= 0.3 is 0 Å². The van der Waals surface area contributed by atoms with Crippen molar-refractivity contribution in [3.63, 3.8) is 0 Å². The number of nitrogens with one attached hydrogen (secondary N) is 1. The van der Waals surface area contributed by atoms with Crippen LogP contribution in [0.3, 0.4) is 0 Å². The second kappa shape index (κ2) is 6.27. The molecule has 108 valence electrons. The summed E-state index contributed by atoms with van der Waals surface area (Å²) < 4.78 is 0.734. The summed E-state index contributed by atoms with van der Waals surface area (Å²) in [5.74, 6) is -0.407. The van der Waals surface area contributed by atoms with Crippen LogP contribution in [0.4, 0.5) is 5.69 Å². The van der Waals surface area contributed by atoms with Crippen LogP contribution < -0.4 is 11.1 Å². The summed E-state index contributed by atoms with van der Waals surface area (Å²) in [6.45, 7) is 0. The van der Waals surface area contributed by atoms with Gasteiger partial charge < -0.3 is 21.4 Å². The molecule has 0 aliphatic heterocycles. The summed E-state index contributed by atoms with van der Waals surface area (Å²) in [5, 5.41) is 23.6. The van der Waals surface area contributed by atoms with Gasteiger partial charge in [-0.25, -0.2) is 0 Å². The monoisotopic (exact) mass is 349 g/mol. The molecule has 1 amide bonds. The van der Waals surface area contributed by atoms with Gasteiger partial charge in [0.05, 0.1) is 5.69 Å². The number of nitrogens with zero attached hydrogens (tertiary/aromatic N) is 1. The number of carbonyl (C=O) groups excluding carboxylic acids is 1. The first-order valence-corrected chi connectivity index (χ1v) is 6.68.